The zero-order valence-electron chi connectivity index (χ0n) is 15.3. The first-order valence-corrected chi connectivity index (χ1v) is 9.91. The number of benzene rings is 2. The van der Waals surface area contributed by atoms with E-state index in [-0.39, 0.29) is 11.3 Å². The Morgan fingerprint density at radius 1 is 1.08 bits per heavy atom. The molecule has 2 aromatic rings. The standard InChI is InChI=1S/C22H26ClN3/c1-15-5-7-19-17(13-15)22(10-3-2-4-11-22)18-14-16(23)6-8-20(18)26(19)12-9-21(24)25/h5-8,13-14H,2-4,9-12H2,1H3,(H3,24,25). The van der Waals surface area contributed by atoms with Crippen LogP contribution >= 0.6 is 11.6 Å². The van der Waals surface area contributed by atoms with Crippen LogP contribution in [0.25, 0.3) is 0 Å². The highest BCUT2D eigenvalue weighted by Gasteiger charge is 2.43. The van der Waals surface area contributed by atoms with E-state index < -0.39 is 0 Å². The highest BCUT2D eigenvalue weighted by atomic mass is 35.5. The van der Waals surface area contributed by atoms with Gasteiger partial charge in [0.2, 0.25) is 0 Å². The lowest BCUT2D eigenvalue weighted by atomic mass is 9.62. The molecule has 1 spiro atoms. The van der Waals surface area contributed by atoms with Crippen molar-refractivity contribution in [2.24, 2.45) is 5.73 Å². The van der Waals surface area contributed by atoms with Crippen LogP contribution in [-0.2, 0) is 5.41 Å². The number of rotatable bonds is 3. The van der Waals surface area contributed by atoms with Gasteiger partial charge in [-0.25, -0.2) is 0 Å². The van der Waals surface area contributed by atoms with E-state index in [1.807, 2.05) is 6.07 Å². The third kappa shape index (κ3) is 2.79. The fourth-order valence-electron chi connectivity index (χ4n) is 4.84. The van der Waals surface area contributed by atoms with Crippen molar-refractivity contribution < 1.29 is 0 Å². The number of aryl methyl sites for hydroxylation is 1. The summed E-state index contributed by atoms with van der Waals surface area (Å²) in [5.74, 6) is 0.229. The van der Waals surface area contributed by atoms with E-state index in [0.29, 0.717) is 6.42 Å². The number of hydrogen-bond donors (Lipinski definition) is 2. The molecule has 1 aliphatic heterocycles. The van der Waals surface area contributed by atoms with Crippen LogP contribution in [0.4, 0.5) is 11.4 Å². The van der Waals surface area contributed by atoms with Crippen LogP contribution in [0.1, 0.15) is 55.2 Å². The predicted molar refractivity (Wildman–Crippen MR) is 110 cm³/mol. The summed E-state index contributed by atoms with van der Waals surface area (Å²) in [6.07, 6.45) is 6.74. The fraction of sp³-hybridized carbons (Fsp3) is 0.409. The van der Waals surface area contributed by atoms with Crippen molar-refractivity contribution in [3.63, 3.8) is 0 Å². The Morgan fingerprint density at radius 2 is 1.73 bits per heavy atom. The maximum absolute atomic E-state index is 7.67. The summed E-state index contributed by atoms with van der Waals surface area (Å²) in [6, 6.07) is 13.1. The summed E-state index contributed by atoms with van der Waals surface area (Å²) >= 11 is 6.44. The molecular weight excluding hydrogens is 342 g/mol. The average molecular weight is 368 g/mol. The summed E-state index contributed by atoms with van der Waals surface area (Å²) in [5, 5.41) is 8.47. The molecule has 136 valence electrons. The van der Waals surface area contributed by atoms with Crippen LogP contribution in [-0.4, -0.2) is 12.4 Å². The second-order valence-corrected chi connectivity index (χ2v) is 8.19. The van der Waals surface area contributed by atoms with Crippen molar-refractivity contribution in [2.45, 2.75) is 50.9 Å². The first-order valence-electron chi connectivity index (χ1n) is 9.53. The lowest BCUT2D eigenvalue weighted by Crippen LogP contribution is -2.39. The van der Waals surface area contributed by atoms with E-state index in [4.69, 9.17) is 22.7 Å². The molecule has 1 heterocycles. The van der Waals surface area contributed by atoms with Gasteiger partial charge in [-0.3, -0.25) is 5.41 Å². The van der Waals surface area contributed by atoms with Crippen molar-refractivity contribution in [3.8, 4) is 0 Å². The van der Waals surface area contributed by atoms with E-state index in [1.54, 1.807) is 0 Å². The Labute approximate surface area is 160 Å². The zero-order valence-corrected chi connectivity index (χ0v) is 16.1. The van der Waals surface area contributed by atoms with Gasteiger partial charge in [0, 0.05) is 34.8 Å². The van der Waals surface area contributed by atoms with Gasteiger partial charge in [0.15, 0.2) is 0 Å². The molecule has 0 radical (unpaired) electrons. The molecule has 1 saturated carbocycles. The van der Waals surface area contributed by atoms with Gasteiger partial charge in [-0.05, 0) is 55.2 Å². The number of hydrogen-bond acceptors (Lipinski definition) is 2. The minimum Gasteiger partial charge on any atom is -0.388 e. The molecule has 3 nitrogen and oxygen atoms in total. The lowest BCUT2D eigenvalue weighted by Gasteiger charge is -2.48. The van der Waals surface area contributed by atoms with Crippen LogP contribution in [0.5, 0.6) is 0 Å². The third-order valence-corrected chi connectivity index (χ3v) is 6.27. The van der Waals surface area contributed by atoms with Crippen LogP contribution in [0.2, 0.25) is 5.02 Å². The Hall–Kier alpha value is -2.00. The summed E-state index contributed by atoms with van der Waals surface area (Å²) < 4.78 is 0. The summed E-state index contributed by atoms with van der Waals surface area (Å²) in [7, 11) is 0. The SMILES string of the molecule is Cc1ccc2c(c1)C1(CCCCC1)c1cc(Cl)ccc1N2CCC(=N)N. The molecule has 0 unspecified atom stereocenters. The van der Waals surface area contributed by atoms with Gasteiger partial charge in [-0.15, -0.1) is 0 Å². The van der Waals surface area contributed by atoms with E-state index >= 15 is 0 Å². The Kier molecular flexibility index (Phi) is 4.44. The van der Waals surface area contributed by atoms with Crippen molar-refractivity contribution >= 4 is 28.8 Å². The third-order valence-electron chi connectivity index (χ3n) is 6.04. The second kappa shape index (κ2) is 6.62. The Morgan fingerprint density at radius 3 is 2.42 bits per heavy atom. The summed E-state index contributed by atoms with van der Waals surface area (Å²) in [6.45, 7) is 2.89. The molecule has 3 N–H and O–H groups in total. The molecule has 1 fully saturated rings. The smallest absolute Gasteiger partial charge is 0.0923 e. The number of halogens is 1. The van der Waals surface area contributed by atoms with Gasteiger partial charge in [0.1, 0.15) is 0 Å². The summed E-state index contributed by atoms with van der Waals surface area (Å²) in [4.78, 5) is 2.34. The molecule has 2 aliphatic rings. The first-order chi connectivity index (χ1) is 12.5. The first kappa shape index (κ1) is 17.4. The zero-order chi connectivity index (χ0) is 18.3. The van der Waals surface area contributed by atoms with Crippen molar-refractivity contribution in [3.05, 3.63) is 58.1 Å². The van der Waals surface area contributed by atoms with E-state index in [9.17, 15) is 0 Å². The largest absolute Gasteiger partial charge is 0.388 e. The maximum Gasteiger partial charge on any atom is 0.0923 e. The Balaban J connectivity index is 1.94. The molecular formula is C22H26ClN3. The number of nitrogens with one attached hydrogen (secondary N) is 1. The molecule has 1 aliphatic carbocycles. The molecule has 26 heavy (non-hydrogen) atoms. The minimum atomic E-state index is 0.0621. The number of anilines is 2. The molecule has 2 aromatic carbocycles. The molecule has 0 aromatic heterocycles. The topological polar surface area (TPSA) is 53.1 Å². The molecule has 0 bridgehead atoms. The normalized spacial score (nSPS) is 17.7. The van der Waals surface area contributed by atoms with Crippen LogP contribution < -0.4 is 10.6 Å². The van der Waals surface area contributed by atoms with Gasteiger partial charge in [-0.2, -0.15) is 0 Å². The predicted octanol–water partition coefficient (Wildman–Crippen LogP) is 5.68. The van der Waals surface area contributed by atoms with Crippen molar-refractivity contribution in [1.82, 2.24) is 0 Å². The van der Waals surface area contributed by atoms with Crippen LogP contribution in [0.15, 0.2) is 36.4 Å². The van der Waals surface area contributed by atoms with Gasteiger partial charge in [0.05, 0.1) is 5.84 Å². The molecule has 0 saturated heterocycles. The van der Waals surface area contributed by atoms with Crippen molar-refractivity contribution in [2.75, 3.05) is 11.4 Å². The van der Waals surface area contributed by atoms with Gasteiger partial charge >= 0.3 is 0 Å². The minimum absolute atomic E-state index is 0.0621. The molecule has 0 atom stereocenters. The number of nitrogens with two attached hydrogens (primary N) is 1. The van der Waals surface area contributed by atoms with Gasteiger partial charge in [0.25, 0.3) is 0 Å². The average Bonchev–Trinajstić information content (AvgIpc) is 2.63. The Bertz CT molecular complexity index is 797. The van der Waals surface area contributed by atoms with E-state index in [0.717, 1.165) is 11.6 Å². The molecule has 4 heteroatoms. The monoisotopic (exact) mass is 367 g/mol. The summed E-state index contributed by atoms with van der Waals surface area (Å²) in [5.41, 5.74) is 12.3. The van der Waals surface area contributed by atoms with Gasteiger partial charge in [-0.1, -0.05) is 48.6 Å². The number of fused-ring (bicyclic) bond motifs is 4. The number of nitrogens with zero attached hydrogens (tertiary/aromatic N) is 1. The second-order valence-electron chi connectivity index (χ2n) is 7.75. The maximum atomic E-state index is 7.67. The van der Waals surface area contributed by atoms with E-state index in [2.05, 4.69) is 42.2 Å². The van der Waals surface area contributed by atoms with Crippen LogP contribution in [0.3, 0.4) is 0 Å². The highest BCUT2D eigenvalue weighted by molar-refractivity contribution is 6.30. The number of amidine groups is 1. The highest BCUT2D eigenvalue weighted by Crippen LogP contribution is 2.56. The lowest BCUT2D eigenvalue weighted by molar-refractivity contribution is 0.343. The van der Waals surface area contributed by atoms with E-state index in [1.165, 1.54) is 60.2 Å². The fourth-order valence-corrected chi connectivity index (χ4v) is 5.01. The molecule has 4 rings (SSSR count). The van der Waals surface area contributed by atoms with Gasteiger partial charge < -0.3 is 10.6 Å². The van der Waals surface area contributed by atoms with Crippen LogP contribution in [0, 0.1) is 12.3 Å². The molecule has 0 amide bonds. The quantitative estimate of drug-likeness (QED) is 0.542. The van der Waals surface area contributed by atoms with Crippen molar-refractivity contribution in [1.29, 1.82) is 5.41 Å².